The van der Waals surface area contributed by atoms with Gasteiger partial charge < -0.3 is 15.2 Å². The molecular weight excluding hydrogens is 244 g/mol. The van der Waals surface area contributed by atoms with E-state index in [0.29, 0.717) is 5.69 Å². The van der Waals surface area contributed by atoms with E-state index >= 15 is 0 Å². The second kappa shape index (κ2) is 4.53. The first-order chi connectivity index (χ1) is 8.79. The highest BCUT2D eigenvalue weighted by atomic mass is 16.2. The molecule has 1 aromatic heterocycles. The van der Waals surface area contributed by atoms with Crippen molar-refractivity contribution in [3.63, 3.8) is 0 Å². The molecule has 2 rings (SSSR count). The first kappa shape index (κ1) is 13.3. The average molecular weight is 262 g/mol. The molecule has 2 N–H and O–H groups in total. The molecule has 0 bridgehead atoms. The number of carbonyl (C=O) groups excluding carboxylic acids is 2. The second-order valence-corrected chi connectivity index (χ2v) is 5.68. The number of imidazole rings is 1. The molecule has 1 saturated heterocycles. The van der Waals surface area contributed by atoms with Crippen LogP contribution in [0.5, 0.6) is 0 Å². The van der Waals surface area contributed by atoms with E-state index in [2.05, 4.69) is 36.1 Å². The van der Waals surface area contributed by atoms with E-state index in [1.807, 2.05) is 0 Å². The lowest BCUT2D eigenvalue weighted by Crippen LogP contribution is -2.47. The van der Waals surface area contributed by atoms with Crippen LogP contribution in [-0.2, 0) is 15.0 Å². The van der Waals surface area contributed by atoms with Gasteiger partial charge in [0.1, 0.15) is 5.70 Å². The molecule has 2 amide bonds. The number of aromatic amines is 1. The lowest BCUT2D eigenvalue weighted by atomic mass is 9.90. The average Bonchev–Trinajstić information content (AvgIpc) is 2.73. The van der Waals surface area contributed by atoms with Crippen LogP contribution in [0.25, 0.3) is 6.08 Å². The first-order valence-corrected chi connectivity index (χ1v) is 6.10. The molecule has 0 aliphatic carbocycles. The monoisotopic (exact) mass is 262 g/mol. The van der Waals surface area contributed by atoms with Crippen LogP contribution in [0, 0.1) is 0 Å². The van der Waals surface area contributed by atoms with Crippen molar-refractivity contribution in [2.75, 3.05) is 13.6 Å². The maximum Gasteiger partial charge on any atom is 0.270 e. The Morgan fingerprint density at radius 1 is 1.37 bits per heavy atom. The minimum absolute atomic E-state index is 0.0862. The fraction of sp³-hybridized carbons (Fsp3) is 0.462. The van der Waals surface area contributed by atoms with Crippen LogP contribution in [0.15, 0.2) is 12.0 Å². The van der Waals surface area contributed by atoms with E-state index in [4.69, 9.17) is 0 Å². The van der Waals surface area contributed by atoms with Crippen LogP contribution >= 0.6 is 0 Å². The third-order valence-electron chi connectivity index (χ3n) is 2.93. The Balaban J connectivity index is 2.38. The summed E-state index contributed by atoms with van der Waals surface area (Å²) in [6, 6.07) is 0. The Hall–Kier alpha value is -2.11. The van der Waals surface area contributed by atoms with Gasteiger partial charge in [0.2, 0.25) is 5.91 Å². The zero-order chi connectivity index (χ0) is 14.2. The zero-order valence-corrected chi connectivity index (χ0v) is 11.6. The molecule has 1 aromatic rings. The number of piperazine rings is 1. The third-order valence-corrected chi connectivity index (χ3v) is 2.93. The molecule has 0 saturated carbocycles. The van der Waals surface area contributed by atoms with Gasteiger partial charge in [-0.15, -0.1) is 0 Å². The summed E-state index contributed by atoms with van der Waals surface area (Å²) in [5.74, 6) is -0.399. The number of aromatic nitrogens is 2. The number of rotatable bonds is 1. The molecule has 2 heterocycles. The molecule has 0 aromatic carbocycles. The molecule has 1 aliphatic rings. The van der Waals surface area contributed by atoms with E-state index < -0.39 is 0 Å². The molecule has 6 heteroatoms. The summed E-state index contributed by atoms with van der Waals surface area (Å²) in [7, 11) is 1.60. The van der Waals surface area contributed by atoms with Crippen molar-refractivity contribution >= 4 is 17.9 Å². The number of H-pyrrole nitrogens is 1. The molecule has 19 heavy (non-hydrogen) atoms. The first-order valence-electron chi connectivity index (χ1n) is 6.10. The van der Waals surface area contributed by atoms with Gasteiger partial charge >= 0.3 is 0 Å². The normalized spacial score (nSPS) is 18.9. The minimum Gasteiger partial charge on any atom is -0.348 e. The van der Waals surface area contributed by atoms with E-state index in [9.17, 15) is 9.59 Å². The van der Waals surface area contributed by atoms with Crippen LogP contribution in [0.1, 0.15) is 32.2 Å². The fourth-order valence-corrected chi connectivity index (χ4v) is 1.99. The SMILES string of the molecule is CN1CC(=O)N/C(=C\c2nc[nH]c2C(C)(C)C)C1=O. The third kappa shape index (κ3) is 2.67. The summed E-state index contributed by atoms with van der Waals surface area (Å²) in [5.41, 5.74) is 1.74. The number of nitrogens with zero attached hydrogens (tertiary/aromatic N) is 2. The molecule has 6 nitrogen and oxygen atoms in total. The van der Waals surface area contributed by atoms with Gasteiger partial charge in [0.05, 0.1) is 18.6 Å². The molecule has 0 radical (unpaired) electrons. The Bertz CT molecular complexity index is 551. The summed E-state index contributed by atoms with van der Waals surface area (Å²) < 4.78 is 0. The smallest absolute Gasteiger partial charge is 0.270 e. The van der Waals surface area contributed by atoms with Crippen molar-refractivity contribution < 1.29 is 9.59 Å². The molecule has 102 valence electrons. The quantitative estimate of drug-likeness (QED) is 0.729. The predicted molar refractivity (Wildman–Crippen MR) is 71.0 cm³/mol. The van der Waals surface area contributed by atoms with Gasteiger partial charge in [0, 0.05) is 18.2 Å². The summed E-state index contributed by atoms with van der Waals surface area (Å²) in [6.07, 6.45) is 3.21. The number of carbonyl (C=O) groups is 2. The van der Waals surface area contributed by atoms with Gasteiger partial charge in [-0.3, -0.25) is 9.59 Å². The predicted octanol–water partition coefficient (Wildman–Crippen LogP) is 0.636. The topological polar surface area (TPSA) is 78.1 Å². The van der Waals surface area contributed by atoms with E-state index in [1.165, 1.54) is 4.90 Å². The van der Waals surface area contributed by atoms with Gasteiger partial charge in [0.25, 0.3) is 5.91 Å². The van der Waals surface area contributed by atoms with Gasteiger partial charge in [0.15, 0.2) is 0 Å². The van der Waals surface area contributed by atoms with Crippen molar-refractivity contribution in [3.8, 4) is 0 Å². The van der Waals surface area contributed by atoms with E-state index in [-0.39, 0.29) is 29.5 Å². The van der Waals surface area contributed by atoms with Gasteiger partial charge in [-0.2, -0.15) is 0 Å². The number of nitrogens with one attached hydrogen (secondary N) is 2. The lowest BCUT2D eigenvalue weighted by Gasteiger charge is -2.24. The Labute approximate surface area is 111 Å². The molecular formula is C13H18N4O2. The van der Waals surface area contributed by atoms with E-state index in [0.717, 1.165) is 5.69 Å². The Morgan fingerprint density at radius 2 is 2.05 bits per heavy atom. The summed E-state index contributed by atoms with van der Waals surface area (Å²) in [5, 5.41) is 2.59. The van der Waals surface area contributed by atoms with Gasteiger partial charge in [-0.1, -0.05) is 20.8 Å². The molecule has 0 unspecified atom stereocenters. The second-order valence-electron chi connectivity index (χ2n) is 5.68. The molecule has 0 spiro atoms. The highest BCUT2D eigenvalue weighted by Crippen LogP contribution is 2.24. The summed E-state index contributed by atoms with van der Waals surface area (Å²) in [6.45, 7) is 6.24. The van der Waals surface area contributed by atoms with Crippen molar-refractivity contribution in [1.82, 2.24) is 20.2 Å². The fourth-order valence-electron chi connectivity index (χ4n) is 1.99. The van der Waals surface area contributed by atoms with Crippen molar-refractivity contribution in [3.05, 3.63) is 23.4 Å². The lowest BCUT2D eigenvalue weighted by molar-refractivity contribution is -0.135. The van der Waals surface area contributed by atoms with Crippen LogP contribution < -0.4 is 5.32 Å². The molecule has 1 aliphatic heterocycles. The standard InChI is InChI=1S/C13H18N4O2/c1-13(2,3)11-8(14-7-15-11)5-9-12(19)17(4)6-10(18)16-9/h5,7H,6H2,1-4H3,(H,14,15)(H,16,18)/b9-5-. The largest absolute Gasteiger partial charge is 0.348 e. The zero-order valence-electron chi connectivity index (χ0n) is 11.6. The summed E-state index contributed by atoms with van der Waals surface area (Å²) in [4.78, 5) is 32.1. The van der Waals surface area contributed by atoms with Crippen molar-refractivity contribution in [2.45, 2.75) is 26.2 Å². The Kier molecular flexibility index (Phi) is 3.18. The number of amides is 2. The highest BCUT2D eigenvalue weighted by Gasteiger charge is 2.26. The number of hydrogen-bond acceptors (Lipinski definition) is 3. The molecule has 0 atom stereocenters. The highest BCUT2D eigenvalue weighted by molar-refractivity contribution is 6.05. The maximum absolute atomic E-state index is 12.0. The molecule has 1 fully saturated rings. The van der Waals surface area contributed by atoms with Gasteiger partial charge in [-0.05, 0) is 6.08 Å². The van der Waals surface area contributed by atoms with Gasteiger partial charge in [-0.25, -0.2) is 4.98 Å². The van der Waals surface area contributed by atoms with Crippen LogP contribution in [0.3, 0.4) is 0 Å². The Morgan fingerprint density at radius 3 is 2.68 bits per heavy atom. The van der Waals surface area contributed by atoms with Crippen LogP contribution in [-0.4, -0.2) is 40.3 Å². The van der Waals surface area contributed by atoms with Crippen LogP contribution in [0.2, 0.25) is 0 Å². The van der Waals surface area contributed by atoms with E-state index in [1.54, 1.807) is 19.5 Å². The van der Waals surface area contributed by atoms with Crippen LogP contribution in [0.4, 0.5) is 0 Å². The minimum atomic E-state index is -0.206. The van der Waals surface area contributed by atoms with Crippen molar-refractivity contribution in [2.24, 2.45) is 0 Å². The number of likely N-dealkylation sites (N-methyl/N-ethyl adjacent to an activating group) is 1. The number of hydrogen-bond donors (Lipinski definition) is 2. The summed E-state index contributed by atoms with van der Waals surface area (Å²) >= 11 is 0. The maximum atomic E-state index is 12.0. The van der Waals surface area contributed by atoms with Crippen molar-refractivity contribution in [1.29, 1.82) is 0 Å².